The van der Waals surface area contributed by atoms with E-state index in [2.05, 4.69) is 5.32 Å². The van der Waals surface area contributed by atoms with Gasteiger partial charge in [0.1, 0.15) is 0 Å². The Balaban J connectivity index is 1.98. The van der Waals surface area contributed by atoms with Crippen molar-refractivity contribution in [1.82, 2.24) is 15.1 Å². The van der Waals surface area contributed by atoms with Gasteiger partial charge in [0.15, 0.2) is 0 Å². The maximum Gasteiger partial charge on any atom is 0.320 e. The zero-order valence-corrected chi connectivity index (χ0v) is 12.4. The van der Waals surface area contributed by atoms with Gasteiger partial charge in [-0.1, -0.05) is 0 Å². The van der Waals surface area contributed by atoms with E-state index < -0.39 is 5.97 Å². The summed E-state index contributed by atoms with van der Waals surface area (Å²) >= 11 is 0. The van der Waals surface area contributed by atoms with Crippen molar-refractivity contribution in [3.8, 4) is 0 Å². The van der Waals surface area contributed by atoms with Crippen LogP contribution in [0.4, 0.5) is 4.79 Å². The number of amides is 3. The molecule has 0 spiro atoms. The Hall–Kier alpha value is -1.79. The SMILES string of the molecule is CNC(=O)C1CCCN(C(=O)N2CCCC2CC(=O)O)C1. The highest BCUT2D eigenvalue weighted by molar-refractivity contribution is 5.81. The van der Waals surface area contributed by atoms with E-state index in [1.54, 1.807) is 16.8 Å². The highest BCUT2D eigenvalue weighted by atomic mass is 16.4. The zero-order valence-electron chi connectivity index (χ0n) is 12.4. The highest BCUT2D eigenvalue weighted by Gasteiger charge is 2.35. The molecule has 2 aliphatic rings. The van der Waals surface area contributed by atoms with Crippen molar-refractivity contribution in [1.29, 1.82) is 0 Å². The first-order valence-corrected chi connectivity index (χ1v) is 7.52. The monoisotopic (exact) mass is 297 g/mol. The van der Waals surface area contributed by atoms with Gasteiger partial charge in [-0.3, -0.25) is 9.59 Å². The van der Waals surface area contributed by atoms with E-state index in [4.69, 9.17) is 5.11 Å². The average Bonchev–Trinajstić information content (AvgIpc) is 2.93. The maximum atomic E-state index is 12.6. The molecule has 2 unspecified atom stereocenters. The van der Waals surface area contributed by atoms with E-state index in [-0.39, 0.29) is 30.3 Å². The number of hydrogen-bond acceptors (Lipinski definition) is 3. The Morgan fingerprint density at radius 3 is 2.57 bits per heavy atom. The summed E-state index contributed by atoms with van der Waals surface area (Å²) in [4.78, 5) is 38.5. The van der Waals surface area contributed by atoms with E-state index in [9.17, 15) is 14.4 Å². The third-order valence-electron chi connectivity index (χ3n) is 4.34. The molecule has 7 heteroatoms. The van der Waals surface area contributed by atoms with Crippen LogP contribution in [0.15, 0.2) is 0 Å². The Bertz CT molecular complexity index is 426. The summed E-state index contributed by atoms with van der Waals surface area (Å²) in [5.74, 6) is -1.06. The second kappa shape index (κ2) is 6.78. The van der Waals surface area contributed by atoms with Gasteiger partial charge in [-0.25, -0.2) is 4.79 Å². The quantitative estimate of drug-likeness (QED) is 0.794. The minimum absolute atomic E-state index is 0.00153. The molecule has 21 heavy (non-hydrogen) atoms. The Morgan fingerprint density at radius 1 is 1.19 bits per heavy atom. The second-order valence-corrected chi connectivity index (χ2v) is 5.77. The number of carbonyl (C=O) groups is 3. The lowest BCUT2D eigenvalue weighted by Crippen LogP contribution is -2.51. The van der Waals surface area contributed by atoms with Gasteiger partial charge < -0.3 is 20.2 Å². The van der Waals surface area contributed by atoms with Crippen molar-refractivity contribution in [2.24, 2.45) is 5.92 Å². The van der Waals surface area contributed by atoms with Gasteiger partial charge in [0.25, 0.3) is 0 Å². The van der Waals surface area contributed by atoms with Crippen LogP contribution in [-0.2, 0) is 9.59 Å². The summed E-state index contributed by atoms with van der Waals surface area (Å²) in [6.45, 7) is 1.68. The number of piperidine rings is 1. The molecule has 2 aliphatic heterocycles. The molecular weight excluding hydrogens is 274 g/mol. The molecule has 0 aromatic rings. The third kappa shape index (κ3) is 3.65. The Morgan fingerprint density at radius 2 is 1.90 bits per heavy atom. The van der Waals surface area contributed by atoms with Crippen LogP contribution >= 0.6 is 0 Å². The van der Waals surface area contributed by atoms with Crippen LogP contribution in [0.1, 0.15) is 32.1 Å². The predicted molar refractivity (Wildman–Crippen MR) is 75.7 cm³/mol. The fraction of sp³-hybridized carbons (Fsp3) is 0.786. The number of nitrogens with one attached hydrogen (secondary N) is 1. The second-order valence-electron chi connectivity index (χ2n) is 5.77. The molecular formula is C14H23N3O4. The van der Waals surface area contributed by atoms with Gasteiger partial charge in [-0.15, -0.1) is 0 Å². The van der Waals surface area contributed by atoms with Gasteiger partial charge in [-0.2, -0.15) is 0 Å². The summed E-state index contributed by atoms with van der Waals surface area (Å²) < 4.78 is 0. The first-order chi connectivity index (χ1) is 10.0. The largest absolute Gasteiger partial charge is 0.481 e. The zero-order chi connectivity index (χ0) is 15.4. The number of likely N-dealkylation sites (tertiary alicyclic amines) is 2. The van der Waals surface area contributed by atoms with Crippen LogP contribution in [0, 0.1) is 5.92 Å². The maximum absolute atomic E-state index is 12.6. The highest BCUT2D eigenvalue weighted by Crippen LogP contribution is 2.24. The van der Waals surface area contributed by atoms with Crippen molar-refractivity contribution in [3.63, 3.8) is 0 Å². The van der Waals surface area contributed by atoms with Gasteiger partial charge in [0.2, 0.25) is 5.91 Å². The number of carbonyl (C=O) groups excluding carboxylic acids is 2. The summed E-state index contributed by atoms with van der Waals surface area (Å²) in [6, 6.07) is -0.331. The van der Waals surface area contributed by atoms with Crippen molar-refractivity contribution >= 4 is 17.9 Å². The summed E-state index contributed by atoms with van der Waals surface area (Å²) in [7, 11) is 1.60. The van der Waals surface area contributed by atoms with Crippen molar-refractivity contribution < 1.29 is 19.5 Å². The molecule has 0 aliphatic carbocycles. The number of urea groups is 1. The lowest BCUT2D eigenvalue weighted by atomic mass is 9.97. The van der Waals surface area contributed by atoms with Crippen molar-refractivity contribution in [2.45, 2.75) is 38.1 Å². The first kappa shape index (κ1) is 15.6. The van der Waals surface area contributed by atoms with Gasteiger partial charge in [0, 0.05) is 32.7 Å². The number of carboxylic acid groups (broad SMARTS) is 1. The molecule has 2 atom stereocenters. The molecule has 0 aromatic heterocycles. The summed E-state index contributed by atoms with van der Waals surface area (Å²) in [5.41, 5.74) is 0. The molecule has 0 bridgehead atoms. The number of carboxylic acids is 1. The van der Waals surface area contributed by atoms with Crippen molar-refractivity contribution in [2.75, 3.05) is 26.7 Å². The summed E-state index contributed by atoms with van der Waals surface area (Å²) in [6.07, 6.45) is 3.18. The van der Waals surface area contributed by atoms with Crippen LogP contribution in [0.25, 0.3) is 0 Å². The average molecular weight is 297 g/mol. The molecule has 2 fully saturated rings. The normalized spacial score (nSPS) is 25.8. The van der Waals surface area contributed by atoms with Gasteiger partial charge >= 0.3 is 12.0 Å². The van der Waals surface area contributed by atoms with Gasteiger partial charge in [-0.05, 0) is 25.7 Å². The summed E-state index contributed by atoms with van der Waals surface area (Å²) in [5, 5.41) is 11.6. The predicted octanol–water partition coefficient (Wildman–Crippen LogP) is 0.504. The van der Waals surface area contributed by atoms with Gasteiger partial charge in [0.05, 0.1) is 12.3 Å². The van der Waals surface area contributed by atoms with E-state index in [0.29, 0.717) is 19.6 Å². The minimum atomic E-state index is -0.874. The van der Waals surface area contributed by atoms with E-state index in [0.717, 1.165) is 25.7 Å². The topological polar surface area (TPSA) is 90.0 Å². The Kier molecular flexibility index (Phi) is 5.03. The van der Waals surface area contributed by atoms with E-state index in [1.165, 1.54) is 0 Å². The molecule has 118 valence electrons. The number of hydrogen-bond donors (Lipinski definition) is 2. The van der Waals surface area contributed by atoms with Crippen LogP contribution < -0.4 is 5.32 Å². The molecule has 2 heterocycles. The molecule has 7 nitrogen and oxygen atoms in total. The van der Waals surface area contributed by atoms with E-state index in [1.807, 2.05) is 0 Å². The minimum Gasteiger partial charge on any atom is -0.481 e. The molecule has 2 rings (SSSR count). The van der Waals surface area contributed by atoms with Crippen LogP contribution in [0.2, 0.25) is 0 Å². The molecule has 0 saturated carbocycles. The number of nitrogens with zero attached hydrogens (tertiary/aromatic N) is 2. The number of rotatable bonds is 3. The van der Waals surface area contributed by atoms with Crippen LogP contribution in [-0.4, -0.2) is 65.5 Å². The van der Waals surface area contributed by atoms with E-state index >= 15 is 0 Å². The lowest BCUT2D eigenvalue weighted by Gasteiger charge is -2.36. The smallest absolute Gasteiger partial charge is 0.320 e. The molecule has 2 saturated heterocycles. The van der Waals surface area contributed by atoms with Crippen LogP contribution in [0.3, 0.4) is 0 Å². The first-order valence-electron chi connectivity index (χ1n) is 7.52. The third-order valence-corrected chi connectivity index (χ3v) is 4.34. The molecule has 0 radical (unpaired) electrons. The molecule has 3 amide bonds. The standard InChI is InChI=1S/C14H23N3O4/c1-15-13(20)10-4-2-6-16(9-10)14(21)17-7-3-5-11(17)8-12(18)19/h10-11H,2-9H2,1H3,(H,15,20)(H,18,19). The number of aliphatic carboxylic acids is 1. The molecule has 0 aromatic carbocycles. The lowest BCUT2D eigenvalue weighted by molar-refractivity contribution is -0.138. The van der Waals surface area contributed by atoms with Crippen molar-refractivity contribution in [3.05, 3.63) is 0 Å². The fourth-order valence-electron chi connectivity index (χ4n) is 3.25. The van der Waals surface area contributed by atoms with Crippen LogP contribution in [0.5, 0.6) is 0 Å². The Labute approximate surface area is 124 Å². The molecule has 2 N–H and O–H groups in total. The fourth-order valence-corrected chi connectivity index (χ4v) is 3.25.